The molecule has 1 aromatic carbocycles. The molecule has 0 aliphatic rings. The second-order valence-electron chi connectivity index (χ2n) is 3.46. The van der Waals surface area contributed by atoms with Gasteiger partial charge in [-0.05, 0) is 26.1 Å². The van der Waals surface area contributed by atoms with Gasteiger partial charge in [0.25, 0.3) is 0 Å². The normalized spacial score (nSPS) is 10.1. The first-order valence-corrected chi connectivity index (χ1v) is 6.07. The van der Waals surface area contributed by atoms with Gasteiger partial charge in [0.1, 0.15) is 6.61 Å². The predicted molar refractivity (Wildman–Crippen MR) is 67.1 cm³/mol. The van der Waals surface area contributed by atoms with E-state index in [1.807, 2.05) is 31.3 Å². The monoisotopic (exact) mass is 285 g/mol. The minimum absolute atomic E-state index is 0.147. The molecule has 0 aliphatic heterocycles. The summed E-state index contributed by atoms with van der Waals surface area (Å²) in [6, 6.07) is 7.73. The highest BCUT2D eigenvalue weighted by molar-refractivity contribution is 9.10. The van der Waals surface area contributed by atoms with Gasteiger partial charge in [0, 0.05) is 16.5 Å². The second kappa shape index (κ2) is 7.41. The van der Waals surface area contributed by atoms with Crippen LogP contribution in [0.5, 0.6) is 0 Å². The van der Waals surface area contributed by atoms with E-state index in [9.17, 15) is 4.79 Å². The molecule has 0 saturated carbocycles. The van der Waals surface area contributed by atoms with Crippen molar-refractivity contribution in [2.24, 2.45) is 0 Å². The average molecular weight is 286 g/mol. The van der Waals surface area contributed by atoms with Crippen molar-refractivity contribution < 1.29 is 9.53 Å². The summed E-state index contributed by atoms with van der Waals surface area (Å²) >= 11 is 3.41. The molecular weight excluding hydrogens is 270 g/mol. The third kappa shape index (κ3) is 4.77. The van der Waals surface area contributed by atoms with Gasteiger partial charge in [-0.2, -0.15) is 0 Å². The van der Waals surface area contributed by atoms with Gasteiger partial charge in [-0.1, -0.05) is 34.1 Å². The fourth-order valence-corrected chi connectivity index (χ4v) is 1.65. The Balaban J connectivity index is 2.29. The van der Waals surface area contributed by atoms with Crippen molar-refractivity contribution in [2.75, 3.05) is 13.6 Å². The summed E-state index contributed by atoms with van der Waals surface area (Å²) in [6.07, 6.45) is 1.27. The maximum absolute atomic E-state index is 11.3. The lowest BCUT2D eigenvalue weighted by Gasteiger charge is -2.06. The summed E-state index contributed by atoms with van der Waals surface area (Å²) in [5.41, 5.74) is 0.990. The molecule has 0 bridgehead atoms. The van der Waals surface area contributed by atoms with Crippen LogP contribution in [0, 0.1) is 0 Å². The van der Waals surface area contributed by atoms with Crippen molar-refractivity contribution in [1.29, 1.82) is 0 Å². The minimum Gasteiger partial charge on any atom is -0.461 e. The molecule has 1 rings (SSSR count). The maximum atomic E-state index is 11.3. The Hall–Kier alpha value is -0.870. The van der Waals surface area contributed by atoms with Crippen LogP contribution in [0.4, 0.5) is 0 Å². The zero-order valence-corrected chi connectivity index (χ0v) is 10.9. The molecule has 16 heavy (non-hydrogen) atoms. The Morgan fingerprint density at radius 2 is 2.19 bits per heavy atom. The number of carbonyl (C=O) groups excluding carboxylic acids is 1. The van der Waals surface area contributed by atoms with E-state index in [-0.39, 0.29) is 5.97 Å². The van der Waals surface area contributed by atoms with Gasteiger partial charge in [0.2, 0.25) is 0 Å². The lowest BCUT2D eigenvalue weighted by atomic mass is 10.2. The van der Waals surface area contributed by atoms with Crippen LogP contribution in [0.1, 0.15) is 18.4 Å². The molecule has 0 aromatic heterocycles. The van der Waals surface area contributed by atoms with Crippen molar-refractivity contribution in [1.82, 2.24) is 5.32 Å². The van der Waals surface area contributed by atoms with E-state index in [1.165, 1.54) is 0 Å². The molecule has 4 heteroatoms. The third-order valence-electron chi connectivity index (χ3n) is 2.15. The lowest BCUT2D eigenvalue weighted by molar-refractivity contribution is -0.145. The molecule has 0 radical (unpaired) electrons. The summed E-state index contributed by atoms with van der Waals surface area (Å²) in [4.78, 5) is 11.3. The van der Waals surface area contributed by atoms with Gasteiger partial charge in [-0.25, -0.2) is 0 Å². The van der Waals surface area contributed by atoms with Crippen molar-refractivity contribution in [3.05, 3.63) is 34.3 Å². The zero-order chi connectivity index (χ0) is 11.8. The van der Waals surface area contributed by atoms with Crippen LogP contribution in [-0.4, -0.2) is 19.6 Å². The topological polar surface area (TPSA) is 38.3 Å². The van der Waals surface area contributed by atoms with Gasteiger partial charge >= 0.3 is 5.97 Å². The van der Waals surface area contributed by atoms with Gasteiger partial charge in [0.05, 0.1) is 0 Å². The van der Waals surface area contributed by atoms with Gasteiger partial charge < -0.3 is 10.1 Å². The minimum atomic E-state index is -0.147. The van der Waals surface area contributed by atoms with Crippen molar-refractivity contribution in [3.63, 3.8) is 0 Å². The number of ether oxygens (including phenoxy) is 1. The van der Waals surface area contributed by atoms with E-state index in [1.54, 1.807) is 0 Å². The number of esters is 1. The summed E-state index contributed by atoms with van der Waals surface area (Å²) < 4.78 is 6.13. The highest BCUT2D eigenvalue weighted by atomic mass is 79.9. The molecule has 88 valence electrons. The first kappa shape index (κ1) is 13.2. The van der Waals surface area contributed by atoms with Crippen LogP contribution in [-0.2, 0) is 16.1 Å². The molecule has 1 aromatic rings. The SMILES string of the molecule is CNCCCC(=O)OCc1ccccc1Br. The molecule has 0 fully saturated rings. The molecule has 1 N–H and O–H groups in total. The molecule has 0 unspecified atom stereocenters. The standard InChI is InChI=1S/C12H16BrNO2/c1-14-8-4-7-12(15)16-9-10-5-2-3-6-11(10)13/h2-3,5-6,14H,4,7-9H2,1H3. The number of nitrogens with one attached hydrogen (secondary N) is 1. The van der Waals surface area contributed by atoms with Crippen molar-refractivity contribution in [3.8, 4) is 0 Å². The van der Waals surface area contributed by atoms with Crippen LogP contribution >= 0.6 is 15.9 Å². The Morgan fingerprint density at radius 3 is 2.88 bits per heavy atom. The number of rotatable bonds is 6. The molecule has 0 atom stereocenters. The number of benzene rings is 1. The van der Waals surface area contributed by atoms with Crippen molar-refractivity contribution in [2.45, 2.75) is 19.4 Å². The van der Waals surface area contributed by atoms with Gasteiger partial charge in [0.15, 0.2) is 0 Å². The smallest absolute Gasteiger partial charge is 0.306 e. The van der Waals surface area contributed by atoms with E-state index in [0.29, 0.717) is 13.0 Å². The highest BCUT2D eigenvalue weighted by Gasteiger charge is 2.04. The second-order valence-corrected chi connectivity index (χ2v) is 4.31. The molecule has 0 heterocycles. The van der Waals surface area contributed by atoms with Gasteiger partial charge in [-0.3, -0.25) is 4.79 Å². The number of halogens is 1. The number of hydrogen-bond donors (Lipinski definition) is 1. The fraction of sp³-hybridized carbons (Fsp3) is 0.417. The van der Waals surface area contributed by atoms with Crippen LogP contribution < -0.4 is 5.32 Å². The van der Waals surface area contributed by atoms with Crippen LogP contribution in [0.15, 0.2) is 28.7 Å². The van der Waals surface area contributed by atoms with E-state index >= 15 is 0 Å². The Kier molecular flexibility index (Phi) is 6.11. The predicted octanol–water partition coefficient (Wildman–Crippen LogP) is 2.49. The third-order valence-corrected chi connectivity index (χ3v) is 2.93. The number of carbonyl (C=O) groups is 1. The van der Waals surface area contributed by atoms with Crippen LogP contribution in [0.25, 0.3) is 0 Å². The molecule has 0 amide bonds. The van der Waals surface area contributed by atoms with E-state index in [0.717, 1.165) is 23.0 Å². The Morgan fingerprint density at radius 1 is 1.44 bits per heavy atom. The quantitative estimate of drug-likeness (QED) is 0.645. The fourth-order valence-electron chi connectivity index (χ4n) is 1.26. The molecule has 3 nitrogen and oxygen atoms in total. The molecule has 0 saturated heterocycles. The summed E-state index contributed by atoms with van der Waals surface area (Å²) in [5.74, 6) is -0.147. The molecule has 0 aliphatic carbocycles. The summed E-state index contributed by atoms with van der Waals surface area (Å²) in [7, 11) is 1.87. The summed E-state index contributed by atoms with van der Waals surface area (Å²) in [6.45, 7) is 1.17. The zero-order valence-electron chi connectivity index (χ0n) is 9.33. The van der Waals surface area contributed by atoms with Crippen LogP contribution in [0.2, 0.25) is 0 Å². The maximum Gasteiger partial charge on any atom is 0.306 e. The largest absolute Gasteiger partial charge is 0.461 e. The number of hydrogen-bond acceptors (Lipinski definition) is 3. The van der Waals surface area contributed by atoms with Crippen molar-refractivity contribution >= 4 is 21.9 Å². The first-order chi connectivity index (χ1) is 7.74. The molecule has 0 spiro atoms. The highest BCUT2D eigenvalue weighted by Crippen LogP contribution is 2.16. The first-order valence-electron chi connectivity index (χ1n) is 5.27. The van der Waals surface area contributed by atoms with Crippen LogP contribution in [0.3, 0.4) is 0 Å². The molecular formula is C12H16BrNO2. The van der Waals surface area contributed by atoms with Gasteiger partial charge in [-0.15, -0.1) is 0 Å². The van der Waals surface area contributed by atoms with E-state index in [2.05, 4.69) is 21.2 Å². The Bertz CT molecular complexity index is 342. The lowest BCUT2D eigenvalue weighted by Crippen LogP contribution is -2.11. The Labute approximate surface area is 104 Å². The van der Waals surface area contributed by atoms with E-state index in [4.69, 9.17) is 4.74 Å². The van der Waals surface area contributed by atoms with E-state index < -0.39 is 0 Å². The summed E-state index contributed by atoms with van der Waals surface area (Å²) in [5, 5.41) is 2.99. The average Bonchev–Trinajstić information content (AvgIpc) is 2.28.